The Balaban J connectivity index is 2.13. The minimum Gasteiger partial charge on any atom is -0.394 e. The number of imidazole rings is 1. The summed E-state index contributed by atoms with van der Waals surface area (Å²) in [6.07, 6.45) is -2.62. The van der Waals surface area contributed by atoms with Crippen molar-refractivity contribution in [2.45, 2.75) is 36.9 Å². The highest BCUT2D eigenvalue weighted by atomic mass is 16.6. The van der Waals surface area contributed by atoms with E-state index in [0.717, 1.165) is 0 Å². The highest BCUT2D eigenvalue weighted by Crippen LogP contribution is 2.42. The Hall–Kier alpha value is -2.52. The van der Waals surface area contributed by atoms with Crippen molar-refractivity contribution in [3.8, 4) is 6.07 Å². The maximum Gasteiger partial charge on any atom is 0.280 e. The molecule has 4 atom stereocenters. The minimum absolute atomic E-state index is 0.0163. The van der Waals surface area contributed by atoms with E-state index in [0.29, 0.717) is 0 Å². The third-order valence-electron chi connectivity index (χ3n) is 4.12. The van der Waals surface area contributed by atoms with Crippen molar-refractivity contribution in [3.63, 3.8) is 0 Å². The molecule has 0 spiro atoms. The van der Waals surface area contributed by atoms with Crippen LogP contribution in [0, 0.1) is 11.3 Å². The molecule has 1 fully saturated rings. The second-order valence-electron chi connectivity index (χ2n) is 5.58. The first-order valence-corrected chi connectivity index (χ1v) is 7.18. The van der Waals surface area contributed by atoms with Gasteiger partial charge in [-0.1, -0.05) is 0 Å². The minimum atomic E-state index is -1.87. The normalized spacial score (nSPS) is 29.8. The molecule has 0 aliphatic carbocycles. The molecular formula is C13H16N6O5. The van der Waals surface area contributed by atoms with Crippen LogP contribution in [0.15, 0.2) is 11.1 Å². The average molecular weight is 336 g/mol. The van der Waals surface area contributed by atoms with Gasteiger partial charge in [0.1, 0.15) is 17.8 Å². The van der Waals surface area contributed by atoms with E-state index in [4.69, 9.17) is 15.7 Å². The number of hydrogen-bond donors (Lipinski definition) is 5. The van der Waals surface area contributed by atoms with Crippen molar-refractivity contribution >= 4 is 17.1 Å². The number of aliphatic hydroxyl groups is 3. The van der Waals surface area contributed by atoms with Crippen LogP contribution in [0.4, 0.5) is 5.95 Å². The molecule has 0 aromatic carbocycles. The fraction of sp³-hybridized carbons (Fsp3) is 0.538. The Morgan fingerprint density at radius 2 is 2.33 bits per heavy atom. The molecule has 1 aliphatic rings. The molecule has 0 bridgehead atoms. The topological polar surface area (TPSA) is 183 Å². The molecule has 0 amide bonds. The molecule has 2 aromatic rings. The number of ether oxygens (including phenoxy) is 1. The van der Waals surface area contributed by atoms with Gasteiger partial charge in [-0.25, -0.2) is 4.98 Å². The van der Waals surface area contributed by atoms with Gasteiger partial charge in [0.15, 0.2) is 17.4 Å². The van der Waals surface area contributed by atoms with Gasteiger partial charge in [0, 0.05) is 6.42 Å². The fourth-order valence-corrected chi connectivity index (χ4v) is 2.92. The first kappa shape index (κ1) is 16.3. The molecule has 3 rings (SSSR count). The smallest absolute Gasteiger partial charge is 0.280 e. The van der Waals surface area contributed by atoms with Crippen molar-refractivity contribution in [2.75, 3.05) is 12.3 Å². The standard InChI is InChI=1S/C13H16N6O5/c14-3-1-2-13(23)8(21)6(4-20)24-11(13)19-5-16-7-9(19)17-12(15)18-10(7)22/h5-6,8,11,20-21,23H,1-2,4H2,(H3,15,17,18,22)/t6-,8-,11-,13-/m1/s1. The number of nitrogen functional groups attached to an aromatic ring is 1. The fourth-order valence-electron chi connectivity index (χ4n) is 2.92. The maximum absolute atomic E-state index is 11.9. The van der Waals surface area contributed by atoms with Crippen LogP contribution in [0.2, 0.25) is 0 Å². The van der Waals surface area contributed by atoms with E-state index in [9.17, 15) is 20.1 Å². The molecule has 1 aliphatic heterocycles. The number of fused-ring (bicyclic) bond motifs is 1. The van der Waals surface area contributed by atoms with Crippen LogP contribution in [0.3, 0.4) is 0 Å². The highest BCUT2D eigenvalue weighted by molar-refractivity contribution is 5.70. The zero-order chi connectivity index (χ0) is 17.5. The number of rotatable bonds is 4. The Morgan fingerprint density at radius 1 is 1.58 bits per heavy atom. The van der Waals surface area contributed by atoms with Gasteiger partial charge in [0.25, 0.3) is 5.56 Å². The summed E-state index contributed by atoms with van der Waals surface area (Å²) in [4.78, 5) is 22.1. The molecule has 24 heavy (non-hydrogen) atoms. The van der Waals surface area contributed by atoms with Crippen LogP contribution < -0.4 is 11.3 Å². The van der Waals surface area contributed by atoms with Gasteiger partial charge in [0.05, 0.1) is 19.0 Å². The van der Waals surface area contributed by atoms with Gasteiger partial charge in [-0.05, 0) is 6.42 Å². The lowest BCUT2D eigenvalue weighted by molar-refractivity contribution is -0.111. The number of nitrogens with one attached hydrogen (secondary N) is 1. The Bertz CT molecular complexity index is 857. The van der Waals surface area contributed by atoms with E-state index < -0.39 is 36.2 Å². The van der Waals surface area contributed by atoms with E-state index in [2.05, 4.69) is 15.0 Å². The molecule has 0 radical (unpaired) electrons. The van der Waals surface area contributed by atoms with E-state index in [1.807, 2.05) is 6.07 Å². The van der Waals surface area contributed by atoms with Crippen molar-refractivity contribution in [3.05, 3.63) is 16.7 Å². The van der Waals surface area contributed by atoms with Gasteiger partial charge in [-0.3, -0.25) is 14.3 Å². The largest absolute Gasteiger partial charge is 0.394 e. The van der Waals surface area contributed by atoms with Crippen LogP contribution in [0.25, 0.3) is 11.2 Å². The van der Waals surface area contributed by atoms with Crippen LogP contribution >= 0.6 is 0 Å². The number of nitrogens with zero attached hydrogens (tertiary/aromatic N) is 4. The zero-order valence-corrected chi connectivity index (χ0v) is 12.5. The van der Waals surface area contributed by atoms with Crippen molar-refractivity contribution < 1.29 is 20.1 Å². The van der Waals surface area contributed by atoms with Crippen molar-refractivity contribution in [1.82, 2.24) is 19.5 Å². The molecule has 11 heteroatoms. The first-order chi connectivity index (χ1) is 11.4. The molecule has 11 nitrogen and oxygen atoms in total. The van der Waals surface area contributed by atoms with Crippen LogP contribution in [0.5, 0.6) is 0 Å². The van der Waals surface area contributed by atoms with E-state index >= 15 is 0 Å². The Labute approximate surface area is 134 Å². The van der Waals surface area contributed by atoms with E-state index in [-0.39, 0.29) is 30.0 Å². The summed E-state index contributed by atoms with van der Waals surface area (Å²) in [5.41, 5.74) is 3.15. The number of aliphatic hydroxyl groups excluding tert-OH is 2. The molecule has 0 saturated carbocycles. The van der Waals surface area contributed by atoms with E-state index in [1.165, 1.54) is 10.9 Å². The first-order valence-electron chi connectivity index (χ1n) is 7.18. The molecule has 0 unspecified atom stereocenters. The lowest BCUT2D eigenvalue weighted by Gasteiger charge is -2.30. The molecular weight excluding hydrogens is 320 g/mol. The lowest BCUT2D eigenvalue weighted by atomic mass is 9.89. The number of H-pyrrole nitrogens is 1. The SMILES string of the molecule is N#CCC[C@@]1(O)[C@H](O)[C@@H](CO)O[C@H]1n1cnc2c(=O)[nH]c(N)nc21. The number of aromatic amines is 1. The maximum atomic E-state index is 11.9. The summed E-state index contributed by atoms with van der Waals surface area (Å²) in [6.45, 7) is -0.532. The summed E-state index contributed by atoms with van der Waals surface area (Å²) in [6, 6.07) is 1.89. The van der Waals surface area contributed by atoms with Crippen LogP contribution in [-0.4, -0.2) is 59.3 Å². The predicted octanol–water partition coefficient (Wildman–Crippen LogP) is -2.01. The summed E-state index contributed by atoms with van der Waals surface area (Å²) in [7, 11) is 0. The van der Waals surface area contributed by atoms with Gasteiger partial charge in [0.2, 0.25) is 5.95 Å². The van der Waals surface area contributed by atoms with Crippen molar-refractivity contribution in [2.24, 2.45) is 0 Å². The number of aromatic nitrogens is 4. The molecule has 2 aromatic heterocycles. The molecule has 6 N–H and O–H groups in total. The third kappa shape index (κ3) is 2.33. The average Bonchev–Trinajstić information content (AvgIpc) is 3.06. The quantitative estimate of drug-likeness (QED) is 0.421. The zero-order valence-electron chi connectivity index (χ0n) is 12.5. The number of nitriles is 1. The molecule has 3 heterocycles. The number of hydrogen-bond acceptors (Lipinski definition) is 9. The van der Waals surface area contributed by atoms with Crippen LogP contribution in [0.1, 0.15) is 19.1 Å². The highest BCUT2D eigenvalue weighted by Gasteiger charge is 2.56. The third-order valence-corrected chi connectivity index (χ3v) is 4.12. The molecule has 1 saturated heterocycles. The Kier molecular flexibility index (Phi) is 3.98. The van der Waals surface area contributed by atoms with Gasteiger partial charge >= 0.3 is 0 Å². The van der Waals surface area contributed by atoms with Gasteiger partial charge in [-0.2, -0.15) is 10.2 Å². The number of nitrogens with two attached hydrogens (primary N) is 1. The van der Waals surface area contributed by atoms with E-state index in [1.54, 1.807) is 0 Å². The number of anilines is 1. The summed E-state index contributed by atoms with van der Waals surface area (Å²) < 4.78 is 6.80. The molecule has 128 valence electrons. The second kappa shape index (κ2) is 5.84. The summed E-state index contributed by atoms with van der Waals surface area (Å²) in [5.74, 6) is -0.146. The monoisotopic (exact) mass is 336 g/mol. The Morgan fingerprint density at radius 3 is 3.00 bits per heavy atom. The lowest BCUT2D eigenvalue weighted by Crippen LogP contribution is -2.47. The summed E-state index contributed by atoms with van der Waals surface area (Å²) in [5, 5.41) is 39.3. The van der Waals surface area contributed by atoms with Gasteiger partial charge in [-0.15, -0.1) is 0 Å². The second-order valence-corrected chi connectivity index (χ2v) is 5.58. The van der Waals surface area contributed by atoms with Crippen molar-refractivity contribution in [1.29, 1.82) is 5.26 Å². The summed E-state index contributed by atoms with van der Waals surface area (Å²) >= 11 is 0. The van der Waals surface area contributed by atoms with Crippen LogP contribution in [-0.2, 0) is 4.74 Å². The predicted molar refractivity (Wildman–Crippen MR) is 79.4 cm³/mol. The van der Waals surface area contributed by atoms with Gasteiger partial charge < -0.3 is 25.8 Å².